The van der Waals surface area contributed by atoms with Crippen molar-refractivity contribution in [1.82, 2.24) is 9.78 Å². The van der Waals surface area contributed by atoms with Crippen LogP contribution in [0.15, 0.2) is 53.1 Å². The van der Waals surface area contributed by atoms with Gasteiger partial charge in [0.05, 0.1) is 6.26 Å². The Kier molecular flexibility index (Phi) is 5.43. The number of hydrogen-bond acceptors (Lipinski definition) is 5. The molecule has 0 atom stereocenters. The van der Waals surface area contributed by atoms with Gasteiger partial charge in [-0.05, 0) is 36.1 Å². The Balaban J connectivity index is 1.70. The summed E-state index contributed by atoms with van der Waals surface area (Å²) >= 11 is 1.71. The lowest BCUT2D eigenvalue weighted by atomic mass is 10.2. The molecule has 0 fully saturated rings. The third-order valence-corrected chi connectivity index (χ3v) is 4.22. The fourth-order valence-corrected chi connectivity index (χ4v) is 2.89. The van der Waals surface area contributed by atoms with E-state index in [0.29, 0.717) is 11.5 Å². The molecule has 0 bridgehead atoms. The first-order chi connectivity index (χ1) is 12.6. The number of thioether (sulfide) groups is 1. The summed E-state index contributed by atoms with van der Waals surface area (Å²) in [5, 5.41) is 9.64. The smallest absolute Gasteiger partial charge is 0.292 e. The molecule has 3 rings (SSSR count). The molecule has 2 N–H and O–H groups in total. The molecule has 0 spiro atoms. The predicted molar refractivity (Wildman–Crippen MR) is 101 cm³/mol. The van der Waals surface area contributed by atoms with E-state index in [1.165, 1.54) is 17.0 Å². The molecule has 0 saturated heterocycles. The summed E-state index contributed by atoms with van der Waals surface area (Å²) in [4.78, 5) is 24.5. The first-order valence-electron chi connectivity index (χ1n) is 7.85. The number of anilines is 2. The fraction of sp³-hybridized carbons (Fsp3) is 0.167. The van der Waals surface area contributed by atoms with Gasteiger partial charge in [-0.15, -0.1) is 0 Å². The van der Waals surface area contributed by atoms with Crippen molar-refractivity contribution in [3.05, 3.63) is 65.7 Å². The average Bonchev–Trinajstić information content (AvgIpc) is 3.26. The second-order valence-electron chi connectivity index (χ2n) is 5.56. The van der Waals surface area contributed by atoms with Crippen LogP contribution < -0.4 is 10.6 Å². The highest BCUT2D eigenvalue weighted by molar-refractivity contribution is 7.97. The van der Waals surface area contributed by atoms with E-state index in [0.717, 1.165) is 11.3 Å². The van der Waals surface area contributed by atoms with Crippen molar-refractivity contribution in [2.75, 3.05) is 16.9 Å². The van der Waals surface area contributed by atoms with Crippen LogP contribution in [0.25, 0.3) is 0 Å². The molecule has 0 unspecified atom stereocenters. The van der Waals surface area contributed by atoms with Gasteiger partial charge in [-0.3, -0.25) is 14.3 Å². The summed E-state index contributed by atoms with van der Waals surface area (Å²) in [6, 6.07) is 12.4. The second-order valence-corrected chi connectivity index (χ2v) is 6.42. The molecule has 0 aliphatic carbocycles. The van der Waals surface area contributed by atoms with Gasteiger partial charge in [0, 0.05) is 24.6 Å². The zero-order valence-electron chi connectivity index (χ0n) is 14.4. The fourth-order valence-electron chi connectivity index (χ4n) is 2.38. The summed E-state index contributed by atoms with van der Waals surface area (Å²) in [7, 11) is 1.65. The number of carbonyl (C=O) groups excluding carboxylic acids is 2. The Labute approximate surface area is 154 Å². The van der Waals surface area contributed by atoms with E-state index in [2.05, 4.69) is 15.7 Å². The van der Waals surface area contributed by atoms with Gasteiger partial charge in [-0.1, -0.05) is 12.1 Å². The van der Waals surface area contributed by atoms with E-state index < -0.39 is 5.91 Å². The average molecular weight is 370 g/mol. The van der Waals surface area contributed by atoms with Crippen molar-refractivity contribution in [3.8, 4) is 0 Å². The molecule has 0 radical (unpaired) electrons. The Morgan fingerprint density at radius 1 is 1.15 bits per heavy atom. The van der Waals surface area contributed by atoms with Crippen molar-refractivity contribution in [2.45, 2.75) is 5.75 Å². The Morgan fingerprint density at radius 3 is 2.73 bits per heavy atom. The Morgan fingerprint density at radius 2 is 2.00 bits per heavy atom. The standard InChI is InChI=1S/C18H18N4O3S/c1-22-16(20-18(24)15-7-4-8-25-15)10-14(21-22)17(23)19-13-6-3-5-12(9-13)11-26-2/h3-10H,11H2,1-2H3,(H,19,23)(H,20,24). The quantitative estimate of drug-likeness (QED) is 0.694. The molecular weight excluding hydrogens is 352 g/mol. The van der Waals surface area contributed by atoms with Crippen LogP contribution in [0.3, 0.4) is 0 Å². The highest BCUT2D eigenvalue weighted by atomic mass is 32.2. The predicted octanol–water partition coefficient (Wildman–Crippen LogP) is 3.38. The number of furan rings is 1. The summed E-state index contributed by atoms with van der Waals surface area (Å²) < 4.78 is 6.48. The number of amides is 2. The molecule has 0 aliphatic heterocycles. The molecule has 0 saturated carbocycles. The van der Waals surface area contributed by atoms with Gasteiger partial charge in [-0.2, -0.15) is 16.9 Å². The molecule has 2 aromatic heterocycles. The second kappa shape index (κ2) is 7.92. The number of aromatic nitrogens is 2. The van der Waals surface area contributed by atoms with Gasteiger partial charge in [0.15, 0.2) is 11.5 Å². The number of carbonyl (C=O) groups is 2. The topological polar surface area (TPSA) is 89.2 Å². The molecule has 8 heteroatoms. The van der Waals surface area contributed by atoms with Crippen molar-refractivity contribution in [3.63, 3.8) is 0 Å². The summed E-state index contributed by atoms with van der Waals surface area (Å²) in [6.07, 6.45) is 3.44. The summed E-state index contributed by atoms with van der Waals surface area (Å²) in [6.45, 7) is 0. The third kappa shape index (κ3) is 4.15. The van der Waals surface area contributed by atoms with Crippen LogP contribution in [0.1, 0.15) is 26.6 Å². The van der Waals surface area contributed by atoms with E-state index in [-0.39, 0.29) is 17.4 Å². The molecular formula is C18H18N4O3S. The lowest BCUT2D eigenvalue weighted by Gasteiger charge is -2.05. The van der Waals surface area contributed by atoms with Crippen LogP contribution in [0.4, 0.5) is 11.5 Å². The summed E-state index contributed by atoms with van der Waals surface area (Å²) in [5.41, 5.74) is 2.04. The van der Waals surface area contributed by atoms with Gasteiger partial charge in [0.1, 0.15) is 5.82 Å². The van der Waals surface area contributed by atoms with E-state index in [4.69, 9.17) is 4.42 Å². The highest BCUT2D eigenvalue weighted by Gasteiger charge is 2.16. The Bertz CT molecular complexity index is 918. The monoisotopic (exact) mass is 370 g/mol. The van der Waals surface area contributed by atoms with Crippen LogP contribution >= 0.6 is 11.8 Å². The van der Waals surface area contributed by atoms with Crippen molar-refractivity contribution >= 4 is 35.1 Å². The number of benzene rings is 1. The lowest BCUT2D eigenvalue weighted by molar-refractivity contribution is 0.0993. The minimum Gasteiger partial charge on any atom is -0.459 e. The van der Waals surface area contributed by atoms with Crippen molar-refractivity contribution in [1.29, 1.82) is 0 Å². The molecule has 134 valence electrons. The molecule has 1 aromatic carbocycles. The zero-order valence-corrected chi connectivity index (χ0v) is 15.2. The minimum atomic E-state index is -0.408. The van der Waals surface area contributed by atoms with Gasteiger partial charge >= 0.3 is 0 Å². The van der Waals surface area contributed by atoms with Crippen molar-refractivity contribution < 1.29 is 14.0 Å². The van der Waals surface area contributed by atoms with Gasteiger partial charge in [-0.25, -0.2) is 0 Å². The van der Waals surface area contributed by atoms with Crippen LogP contribution in [-0.2, 0) is 12.8 Å². The SMILES string of the molecule is CSCc1cccc(NC(=O)c2cc(NC(=O)c3ccco3)n(C)n2)c1. The lowest BCUT2D eigenvalue weighted by Crippen LogP contribution is -2.13. The van der Waals surface area contributed by atoms with Gasteiger partial charge < -0.3 is 15.1 Å². The summed E-state index contributed by atoms with van der Waals surface area (Å²) in [5.74, 6) is 0.696. The molecule has 7 nitrogen and oxygen atoms in total. The van der Waals surface area contributed by atoms with Gasteiger partial charge in [0.2, 0.25) is 0 Å². The third-order valence-electron chi connectivity index (χ3n) is 3.59. The first-order valence-corrected chi connectivity index (χ1v) is 9.24. The number of hydrogen-bond donors (Lipinski definition) is 2. The highest BCUT2D eigenvalue weighted by Crippen LogP contribution is 2.17. The minimum absolute atomic E-state index is 0.183. The van der Waals surface area contributed by atoms with Crippen LogP contribution in [0, 0.1) is 0 Å². The molecule has 3 aromatic rings. The van der Waals surface area contributed by atoms with Crippen LogP contribution in [-0.4, -0.2) is 27.9 Å². The van der Waals surface area contributed by atoms with E-state index >= 15 is 0 Å². The van der Waals surface area contributed by atoms with E-state index in [1.54, 1.807) is 30.9 Å². The molecule has 26 heavy (non-hydrogen) atoms. The van der Waals surface area contributed by atoms with E-state index in [9.17, 15) is 9.59 Å². The van der Waals surface area contributed by atoms with Crippen LogP contribution in [0.2, 0.25) is 0 Å². The number of nitrogens with zero attached hydrogens (tertiary/aromatic N) is 2. The normalized spacial score (nSPS) is 10.5. The van der Waals surface area contributed by atoms with Crippen LogP contribution in [0.5, 0.6) is 0 Å². The number of nitrogens with one attached hydrogen (secondary N) is 2. The largest absolute Gasteiger partial charge is 0.459 e. The number of rotatable bonds is 6. The van der Waals surface area contributed by atoms with E-state index in [1.807, 2.05) is 30.5 Å². The Hall–Kier alpha value is -3.00. The molecule has 2 amide bonds. The molecule has 2 heterocycles. The number of aryl methyl sites for hydroxylation is 1. The zero-order chi connectivity index (χ0) is 18.5. The maximum Gasteiger partial charge on any atom is 0.292 e. The maximum absolute atomic E-state index is 12.4. The van der Waals surface area contributed by atoms with Gasteiger partial charge in [0.25, 0.3) is 11.8 Å². The van der Waals surface area contributed by atoms with Crippen molar-refractivity contribution in [2.24, 2.45) is 7.05 Å². The molecule has 0 aliphatic rings. The maximum atomic E-state index is 12.4. The first kappa shape index (κ1) is 17.8.